The van der Waals surface area contributed by atoms with Crippen LogP contribution in [0.2, 0.25) is 20.1 Å². The van der Waals surface area contributed by atoms with Crippen LogP contribution in [-0.2, 0) is 9.59 Å². The van der Waals surface area contributed by atoms with Crippen molar-refractivity contribution in [1.82, 2.24) is 0 Å². The molecule has 4 nitrogen and oxygen atoms in total. The van der Waals surface area contributed by atoms with E-state index in [9.17, 15) is 9.59 Å². The van der Waals surface area contributed by atoms with Crippen LogP contribution >= 0.6 is 46.4 Å². The maximum absolute atomic E-state index is 12.5. The molecule has 3 rings (SSSR count). The van der Waals surface area contributed by atoms with Gasteiger partial charge in [-0.3, -0.25) is 9.59 Å². The number of amides is 2. The lowest BCUT2D eigenvalue weighted by Gasteiger charge is -2.27. The fourth-order valence-corrected chi connectivity index (χ4v) is 4.18. The molecular formula is C20H18Cl4N2O2. The van der Waals surface area contributed by atoms with Crippen LogP contribution in [0, 0.1) is 11.8 Å². The van der Waals surface area contributed by atoms with E-state index in [0.29, 0.717) is 57.1 Å². The van der Waals surface area contributed by atoms with Gasteiger partial charge in [0.2, 0.25) is 11.8 Å². The topological polar surface area (TPSA) is 58.2 Å². The van der Waals surface area contributed by atoms with Gasteiger partial charge in [0.15, 0.2) is 0 Å². The van der Waals surface area contributed by atoms with Crippen molar-refractivity contribution in [1.29, 1.82) is 0 Å². The number of carbonyl (C=O) groups is 2. The molecule has 1 fully saturated rings. The van der Waals surface area contributed by atoms with Gasteiger partial charge in [-0.2, -0.15) is 0 Å². The Morgan fingerprint density at radius 2 is 1.04 bits per heavy atom. The molecule has 1 saturated carbocycles. The predicted octanol–water partition coefficient (Wildman–Crippen LogP) is 6.68. The summed E-state index contributed by atoms with van der Waals surface area (Å²) in [6.45, 7) is 0. The van der Waals surface area contributed by atoms with Crippen LogP contribution in [-0.4, -0.2) is 11.8 Å². The van der Waals surface area contributed by atoms with E-state index in [2.05, 4.69) is 10.6 Å². The smallest absolute Gasteiger partial charge is 0.227 e. The van der Waals surface area contributed by atoms with Gasteiger partial charge < -0.3 is 10.6 Å². The molecule has 0 atom stereocenters. The monoisotopic (exact) mass is 458 g/mol. The van der Waals surface area contributed by atoms with Crippen LogP contribution in [0.3, 0.4) is 0 Å². The zero-order valence-corrected chi connectivity index (χ0v) is 17.8. The van der Waals surface area contributed by atoms with E-state index >= 15 is 0 Å². The highest BCUT2D eigenvalue weighted by molar-refractivity contribution is 6.37. The molecule has 0 saturated heterocycles. The first-order valence-corrected chi connectivity index (χ1v) is 10.4. The standard InChI is InChI=1S/C20H18Cl4N2O2/c21-13-5-7-17(15(23)9-13)25-19(27)11-1-2-12(4-3-11)20(28)26-18-8-6-14(22)10-16(18)24/h5-12H,1-4H2,(H,25,27)(H,26,28). The van der Waals surface area contributed by atoms with Gasteiger partial charge in [0.05, 0.1) is 21.4 Å². The molecule has 148 valence electrons. The average Bonchev–Trinajstić information content (AvgIpc) is 2.66. The first kappa shape index (κ1) is 21.3. The summed E-state index contributed by atoms with van der Waals surface area (Å²) in [5.74, 6) is -0.502. The van der Waals surface area contributed by atoms with Crippen molar-refractivity contribution in [3.8, 4) is 0 Å². The Labute approximate surface area is 183 Å². The summed E-state index contributed by atoms with van der Waals surface area (Å²) in [5.41, 5.74) is 1.07. The SMILES string of the molecule is O=C(Nc1ccc(Cl)cc1Cl)C1CCC(C(=O)Nc2ccc(Cl)cc2Cl)CC1. The molecule has 0 radical (unpaired) electrons. The van der Waals surface area contributed by atoms with Crippen LogP contribution in [0.4, 0.5) is 11.4 Å². The number of carbonyl (C=O) groups excluding carboxylic acids is 2. The Morgan fingerprint density at radius 3 is 1.36 bits per heavy atom. The molecule has 0 bridgehead atoms. The van der Waals surface area contributed by atoms with Crippen molar-refractivity contribution in [3.05, 3.63) is 56.5 Å². The fraction of sp³-hybridized carbons (Fsp3) is 0.300. The third-order valence-electron chi connectivity index (χ3n) is 4.85. The number of benzene rings is 2. The lowest BCUT2D eigenvalue weighted by molar-refractivity contribution is -0.125. The minimum absolute atomic E-state index is 0.0937. The van der Waals surface area contributed by atoms with E-state index in [0.717, 1.165) is 0 Å². The van der Waals surface area contributed by atoms with E-state index in [1.807, 2.05) is 0 Å². The first-order valence-electron chi connectivity index (χ1n) is 8.85. The molecule has 28 heavy (non-hydrogen) atoms. The summed E-state index contributed by atoms with van der Waals surface area (Å²) in [4.78, 5) is 25.0. The normalized spacial score (nSPS) is 19.1. The highest BCUT2D eigenvalue weighted by Crippen LogP contribution is 2.33. The Bertz CT molecular complexity index is 822. The van der Waals surface area contributed by atoms with Crippen molar-refractivity contribution < 1.29 is 9.59 Å². The Hall–Kier alpha value is -1.46. The van der Waals surface area contributed by atoms with Crippen molar-refractivity contribution in [2.75, 3.05) is 10.6 Å². The second-order valence-corrected chi connectivity index (χ2v) is 8.46. The summed E-state index contributed by atoms with van der Waals surface area (Å²) in [5, 5.41) is 7.50. The Balaban J connectivity index is 1.53. The lowest BCUT2D eigenvalue weighted by atomic mass is 9.81. The molecule has 0 spiro atoms. The van der Waals surface area contributed by atoms with Gasteiger partial charge in [0.25, 0.3) is 0 Å². The molecule has 8 heteroatoms. The molecule has 2 amide bonds. The van der Waals surface area contributed by atoms with Gasteiger partial charge in [-0.1, -0.05) is 46.4 Å². The maximum Gasteiger partial charge on any atom is 0.227 e. The van der Waals surface area contributed by atoms with E-state index in [1.54, 1.807) is 36.4 Å². The second-order valence-electron chi connectivity index (χ2n) is 6.78. The number of rotatable bonds is 4. The zero-order chi connectivity index (χ0) is 20.3. The summed E-state index contributed by atoms with van der Waals surface area (Å²) in [6, 6.07) is 9.87. The second kappa shape index (κ2) is 9.36. The maximum atomic E-state index is 12.5. The summed E-state index contributed by atoms with van der Waals surface area (Å²) in [6.07, 6.45) is 2.51. The van der Waals surface area contributed by atoms with Crippen LogP contribution < -0.4 is 10.6 Å². The molecule has 0 aromatic heterocycles. The van der Waals surface area contributed by atoms with E-state index in [-0.39, 0.29) is 23.7 Å². The van der Waals surface area contributed by atoms with Gasteiger partial charge >= 0.3 is 0 Å². The fourth-order valence-electron chi connectivity index (χ4n) is 3.27. The highest BCUT2D eigenvalue weighted by Gasteiger charge is 2.30. The molecular weight excluding hydrogens is 442 g/mol. The minimum atomic E-state index is -0.157. The number of halogens is 4. The van der Waals surface area contributed by atoms with Crippen molar-refractivity contribution >= 4 is 69.6 Å². The number of hydrogen-bond acceptors (Lipinski definition) is 2. The molecule has 0 aliphatic heterocycles. The number of hydrogen-bond donors (Lipinski definition) is 2. The summed E-state index contributed by atoms with van der Waals surface area (Å²) in [7, 11) is 0. The van der Waals surface area contributed by atoms with Gasteiger partial charge in [0, 0.05) is 21.9 Å². The van der Waals surface area contributed by atoms with Crippen LogP contribution in [0.15, 0.2) is 36.4 Å². The van der Waals surface area contributed by atoms with Crippen molar-refractivity contribution in [2.45, 2.75) is 25.7 Å². The molecule has 1 aliphatic carbocycles. The number of nitrogens with one attached hydrogen (secondary N) is 2. The Kier molecular flexibility index (Phi) is 7.10. The van der Waals surface area contributed by atoms with Gasteiger partial charge in [0.1, 0.15) is 0 Å². The largest absolute Gasteiger partial charge is 0.325 e. The zero-order valence-electron chi connectivity index (χ0n) is 14.8. The van der Waals surface area contributed by atoms with Crippen LogP contribution in [0.1, 0.15) is 25.7 Å². The van der Waals surface area contributed by atoms with Crippen LogP contribution in [0.5, 0.6) is 0 Å². The molecule has 2 N–H and O–H groups in total. The molecule has 1 aliphatic rings. The first-order chi connectivity index (χ1) is 13.3. The Morgan fingerprint density at radius 1 is 0.679 bits per heavy atom. The van der Waals surface area contributed by atoms with E-state index in [1.165, 1.54) is 0 Å². The number of anilines is 2. The predicted molar refractivity (Wildman–Crippen MR) is 116 cm³/mol. The van der Waals surface area contributed by atoms with E-state index in [4.69, 9.17) is 46.4 Å². The third kappa shape index (κ3) is 5.32. The summed E-state index contributed by atoms with van der Waals surface area (Å²) < 4.78 is 0. The van der Waals surface area contributed by atoms with Crippen molar-refractivity contribution in [2.24, 2.45) is 11.8 Å². The van der Waals surface area contributed by atoms with Gasteiger partial charge in [-0.15, -0.1) is 0 Å². The van der Waals surface area contributed by atoms with Gasteiger partial charge in [-0.25, -0.2) is 0 Å². The molecule has 0 heterocycles. The summed E-state index contributed by atoms with van der Waals surface area (Å²) >= 11 is 24.0. The highest BCUT2D eigenvalue weighted by atomic mass is 35.5. The quantitative estimate of drug-likeness (QED) is 0.535. The molecule has 2 aromatic carbocycles. The minimum Gasteiger partial charge on any atom is -0.325 e. The van der Waals surface area contributed by atoms with Crippen molar-refractivity contribution in [3.63, 3.8) is 0 Å². The average molecular weight is 460 g/mol. The van der Waals surface area contributed by atoms with Gasteiger partial charge in [-0.05, 0) is 62.1 Å². The lowest BCUT2D eigenvalue weighted by Crippen LogP contribution is -2.32. The van der Waals surface area contributed by atoms with E-state index < -0.39 is 0 Å². The third-order valence-corrected chi connectivity index (χ3v) is 5.94. The molecule has 0 unspecified atom stereocenters. The molecule has 2 aromatic rings. The van der Waals surface area contributed by atoms with Crippen LogP contribution in [0.25, 0.3) is 0 Å².